The quantitative estimate of drug-likeness (QED) is 0.750. The van der Waals surface area contributed by atoms with Crippen LogP contribution >= 0.6 is 0 Å². The second-order valence-electron chi connectivity index (χ2n) is 5.22. The first kappa shape index (κ1) is 15.6. The number of nitrogens with zero attached hydrogens (tertiary/aromatic N) is 2. The molecule has 0 bridgehead atoms. The van der Waals surface area contributed by atoms with Crippen molar-refractivity contribution >= 4 is 28.6 Å². The molecule has 0 unspecified atom stereocenters. The van der Waals surface area contributed by atoms with E-state index in [0.717, 1.165) is 11.1 Å². The van der Waals surface area contributed by atoms with E-state index in [1.807, 2.05) is 25.1 Å². The Labute approximate surface area is 138 Å². The Morgan fingerprint density at radius 1 is 1.08 bits per heavy atom. The van der Waals surface area contributed by atoms with Gasteiger partial charge in [0, 0.05) is 5.69 Å². The lowest BCUT2D eigenvalue weighted by molar-refractivity contribution is 0.0600. The number of anilines is 1. The Kier molecular flexibility index (Phi) is 4.20. The number of aryl methyl sites for hydroxylation is 1. The van der Waals surface area contributed by atoms with Gasteiger partial charge in [-0.05, 0) is 36.8 Å². The van der Waals surface area contributed by atoms with Gasteiger partial charge < -0.3 is 10.1 Å². The second-order valence-corrected chi connectivity index (χ2v) is 5.22. The number of para-hydroxylation sites is 2. The third kappa shape index (κ3) is 3.08. The highest BCUT2D eigenvalue weighted by Gasteiger charge is 2.13. The van der Waals surface area contributed by atoms with E-state index in [4.69, 9.17) is 4.74 Å². The van der Waals surface area contributed by atoms with Crippen molar-refractivity contribution in [2.75, 3.05) is 12.4 Å². The number of esters is 1. The lowest BCUT2D eigenvalue weighted by atomic mass is 10.1. The van der Waals surface area contributed by atoms with Crippen LogP contribution in [0.15, 0.2) is 48.7 Å². The molecule has 24 heavy (non-hydrogen) atoms. The summed E-state index contributed by atoms with van der Waals surface area (Å²) >= 11 is 0. The zero-order valence-corrected chi connectivity index (χ0v) is 13.2. The van der Waals surface area contributed by atoms with Crippen molar-refractivity contribution in [1.29, 1.82) is 0 Å². The van der Waals surface area contributed by atoms with Gasteiger partial charge in [-0.15, -0.1) is 0 Å². The van der Waals surface area contributed by atoms with Gasteiger partial charge in [0.2, 0.25) is 0 Å². The van der Waals surface area contributed by atoms with Gasteiger partial charge in [0.25, 0.3) is 5.91 Å². The van der Waals surface area contributed by atoms with Gasteiger partial charge in [-0.25, -0.2) is 9.78 Å². The second kappa shape index (κ2) is 6.45. The fourth-order valence-electron chi connectivity index (χ4n) is 2.25. The van der Waals surface area contributed by atoms with E-state index in [0.29, 0.717) is 16.8 Å². The minimum absolute atomic E-state index is 0.205. The average Bonchev–Trinajstić information content (AvgIpc) is 2.62. The number of fused-ring (bicyclic) bond motifs is 1. The Balaban J connectivity index is 1.89. The van der Waals surface area contributed by atoms with Crippen LogP contribution in [0.3, 0.4) is 0 Å². The number of hydrogen-bond donors (Lipinski definition) is 1. The number of ether oxygens (including phenoxy) is 1. The number of carbonyl (C=O) groups excluding carboxylic acids is 2. The Morgan fingerprint density at radius 2 is 1.83 bits per heavy atom. The average molecular weight is 321 g/mol. The minimum Gasteiger partial charge on any atom is -0.465 e. The number of amides is 1. The lowest BCUT2D eigenvalue weighted by Crippen LogP contribution is -2.15. The summed E-state index contributed by atoms with van der Waals surface area (Å²) in [5.74, 6) is -0.852. The van der Waals surface area contributed by atoms with Crippen molar-refractivity contribution in [3.8, 4) is 0 Å². The summed E-state index contributed by atoms with van der Waals surface area (Å²) in [4.78, 5) is 32.6. The van der Waals surface area contributed by atoms with Crippen LogP contribution in [0.1, 0.15) is 26.4 Å². The number of methoxy groups -OCH3 is 1. The Morgan fingerprint density at radius 3 is 2.58 bits per heavy atom. The summed E-state index contributed by atoms with van der Waals surface area (Å²) in [5.41, 5.74) is 3.28. The molecule has 3 aromatic rings. The lowest BCUT2D eigenvalue weighted by Gasteiger charge is -2.10. The predicted octanol–water partition coefficient (Wildman–Crippen LogP) is 2.98. The number of carbonyl (C=O) groups is 2. The number of nitrogens with one attached hydrogen (secondary N) is 1. The van der Waals surface area contributed by atoms with Crippen LogP contribution in [0, 0.1) is 6.92 Å². The van der Waals surface area contributed by atoms with Crippen molar-refractivity contribution in [2.45, 2.75) is 6.92 Å². The van der Waals surface area contributed by atoms with Gasteiger partial charge in [-0.3, -0.25) is 9.78 Å². The van der Waals surface area contributed by atoms with E-state index in [9.17, 15) is 9.59 Å². The molecule has 6 nitrogen and oxygen atoms in total. The molecule has 1 N–H and O–H groups in total. The van der Waals surface area contributed by atoms with Crippen LogP contribution in [-0.2, 0) is 4.74 Å². The van der Waals surface area contributed by atoms with E-state index >= 15 is 0 Å². The molecule has 1 heterocycles. The zero-order chi connectivity index (χ0) is 17.1. The zero-order valence-electron chi connectivity index (χ0n) is 13.2. The molecule has 3 rings (SSSR count). The first-order valence-electron chi connectivity index (χ1n) is 7.30. The smallest absolute Gasteiger partial charge is 0.337 e. The van der Waals surface area contributed by atoms with Gasteiger partial charge in [0.1, 0.15) is 5.69 Å². The maximum Gasteiger partial charge on any atom is 0.337 e. The highest BCUT2D eigenvalue weighted by molar-refractivity contribution is 6.04. The third-order valence-corrected chi connectivity index (χ3v) is 3.59. The molecule has 1 aromatic heterocycles. The molecule has 0 radical (unpaired) electrons. The number of benzene rings is 2. The first-order valence-corrected chi connectivity index (χ1v) is 7.30. The van der Waals surface area contributed by atoms with Gasteiger partial charge in [-0.1, -0.05) is 18.2 Å². The van der Waals surface area contributed by atoms with Crippen molar-refractivity contribution in [1.82, 2.24) is 9.97 Å². The largest absolute Gasteiger partial charge is 0.465 e. The molecule has 0 aliphatic rings. The van der Waals surface area contributed by atoms with Crippen LogP contribution < -0.4 is 5.32 Å². The maximum absolute atomic E-state index is 12.4. The fraction of sp³-hybridized carbons (Fsp3) is 0.111. The fourth-order valence-corrected chi connectivity index (χ4v) is 2.25. The molecule has 0 spiro atoms. The van der Waals surface area contributed by atoms with Crippen LogP contribution in [0.4, 0.5) is 5.69 Å². The molecule has 1 amide bonds. The van der Waals surface area contributed by atoms with Gasteiger partial charge >= 0.3 is 5.97 Å². The van der Waals surface area contributed by atoms with Crippen molar-refractivity contribution in [3.05, 3.63) is 65.5 Å². The molecule has 0 saturated heterocycles. The van der Waals surface area contributed by atoms with E-state index in [1.54, 1.807) is 24.3 Å². The standard InChI is InChI=1S/C18H15N3O3/c1-11-7-8-12(18(23)24-2)9-15(11)21-17(22)16-10-19-13-5-3-4-6-14(13)20-16/h3-10H,1-2H3,(H,21,22). The maximum atomic E-state index is 12.4. The Bertz CT molecular complexity index is 938. The minimum atomic E-state index is -0.462. The molecule has 6 heteroatoms. The summed E-state index contributed by atoms with van der Waals surface area (Å²) < 4.78 is 4.69. The first-order chi connectivity index (χ1) is 11.6. The topological polar surface area (TPSA) is 81.2 Å². The number of aromatic nitrogens is 2. The van der Waals surface area contributed by atoms with E-state index in [2.05, 4.69) is 15.3 Å². The number of hydrogen-bond acceptors (Lipinski definition) is 5. The molecule has 120 valence electrons. The van der Waals surface area contributed by atoms with Crippen molar-refractivity contribution < 1.29 is 14.3 Å². The SMILES string of the molecule is COC(=O)c1ccc(C)c(NC(=O)c2cnc3ccccc3n2)c1. The van der Waals surface area contributed by atoms with E-state index < -0.39 is 11.9 Å². The van der Waals surface area contributed by atoms with Gasteiger partial charge in [0.05, 0.1) is 29.9 Å². The molecule has 0 aliphatic carbocycles. The molecule has 2 aromatic carbocycles. The molecule has 0 aliphatic heterocycles. The monoisotopic (exact) mass is 321 g/mol. The summed E-state index contributed by atoms with van der Waals surface area (Å²) in [6.45, 7) is 1.84. The van der Waals surface area contributed by atoms with Crippen LogP contribution in [0.25, 0.3) is 11.0 Å². The molecular formula is C18H15N3O3. The predicted molar refractivity (Wildman–Crippen MR) is 90.0 cm³/mol. The van der Waals surface area contributed by atoms with Crippen molar-refractivity contribution in [3.63, 3.8) is 0 Å². The summed E-state index contributed by atoms with van der Waals surface area (Å²) in [6.07, 6.45) is 1.43. The van der Waals surface area contributed by atoms with Crippen LogP contribution in [0.5, 0.6) is 0 Å². The van der Waals surface area contributed by atoms with E-state index in [1.165, 1.54) is 13.3 Å². The van der Waals surface area contributed by atoms with Gasteiger partial charge in [-0.2, -0.15) is 0 Å². The van der Waals surface area contributed by atoms with Crippen molar-refractivity contribution in [2.24, 2.45) is 0 Å². The molecule has 0 saturated carbocycles. The van der Waals surface area contributed by atoms with Crippen LogP contribution in [-0.4, -0.2) is 29.0 Å². The summed E-state index contributed by atoms with van der Waals surface area (Å²) in [6, 6.07) is 12.3. The molecule has 0 fully saturated rings. The molecule has 0 atom stereocenters. The Hall–Kier alpha value is -3.28. The highest BCUT2D eigenvalue weighted by Crippen LogP contribution is 2.18. The van der Waals surface area contributed by atoms with E-state index in [-0.39, 0.29) is 5.69 Å². The highest BCUT2D eigenvalue weighted by atomic mass is 16.5. The number of rotatable bonds is 3. The summed E-state index contributed by atoms with van der Waals surface area (Å²) in [7, 11) is 1.31. The molecular weight excluding hydrogens is 306 g/mol. The normalized spacial score (nSPS) is 10.4. The third-order valence-electron chi connectivity index (χ3n) is 3.59. The van der Waals surface area contributed by atoms with Crippen LogP contribution in [0.2, 0.25) is 0 Å². The summed E-state index contributed by atoms with van der Waals surface area (Å²) in [5, 5.41) is 2.76. The van der Waals surface area contributed by atoms with Gasteiger partial charge in [0.15, 0.2) is 0 Å².